The first-order valence-corrected chi connectivity index (χ1v) is 12.0. The van der Waals surface area contributed by atoms with Crippen LogP contribution in [0.3, 0.4) is 0 Å². The quantitative estimate of drug-likeness (QED) is 0.586. The molecular formula is C22H26N4O5S. The van der Waals surface area contributed by atoms with Crippen LogP contribution >= 0.6 is 0 Å². The second-order valence-electron chi connectivity index (χ2n) is 7.80. The highest BCUT2D eigenvalue weighted by Gasteiger charge is 2.26. The van der Waals surface area contributed by atoms with E-state index < -0.39 is 10.0 Å². The Morgan fingerprint density at radius 2 is 1.75 bits per heavy atom. The standard InChI is InChI=1S/C22H26N4O5S/c27-21(17-2-1-3-19(14-17)25-22(28)24-18-6-7-18)23-15-16-4-8-20(9-5-16)32(29,30)26-10-12-31-13-11-26/h1-5,8-9,14,18H,6-7,10-13,15H2,(H,23,27)(H2,24,25,28). The normalized spacial score (nSPS) is 16.9. The first-order chi connectivity index (χ1) is 15.4. The summed E-state index contributed by atoms with van der Waals surface area (Å²) < 4.78 is 32.0. The molecule has 0 spiro atoms. The van der Waals surface area contributed by atoms with Crippen LogP contribution in [-0.4, -0.2) is 57.0 Å². The average Bonchev–Trinajstić information content (AvgIpc) is 3.62. The van der Waals surface area contributed by atoms with Crippen LogP contribution in [0.25, 0.3) is 0 Å². The summed E-state index contributed by atoms with van der Waals surface area (Å²) in [6.45, 7) is 1.72. The Bertz CT molecular complexity index is 1080. The molecule has 1 saturated carbocycles. The molecule has 0 bridgehead atoms. The van der Waals surface area contributed by atoms with E-state index in [1.807, 2.05) is 0 Å². The molecule has 1 aliphatic carbocycles. The fraction of sp³-hybridized carbons (Fsp3) is 0.364. The van der Waals surface area contributed by atoms with E-state index in [-0.39, 0.29) is 29.4 Å². The van der Waals surface area contributed by atoms with Crippen LogP contribution < -0.4 is 16.0 Å². The smallest absolute Gasteiger partial charge is 0.319 e. The van der Waals surface area contributed by atoms with Crippen LogP contribution in [0, 0.1) is 0 Å². The Hall–Kier alpha value is -2.95. The van der Waals surface area contributed by atoms with Gasteiger partial charge in [-0.25, -0.2) is 13.2 Å². The zero-order chi connectivity index (χ0) is 22.6. The molecule has 1 aliphatic heterocycles. The lowest BCUT2D eigenvalue weighted by Gasteiger charge is -2.26. The summed E-state index contributed by atoms with van der Waals surface area (Å²) in [5.74, 6) is -0.290. The fourth-order valence-electron chi connectivity index (χ4n) is 3.32. The predicted molar refractivity (Wildman–Crippen MR) is 119 cm³/mol. The number of anilines is 1. The van der Waals surface area contributed by atoms with Crippen LogP contribution in [0.4, 0.5) is 10.5 Å². The van der Waals surface area contributed by atoms with Crippen molar-refractivity contribution in [1.29, 1.82) is 0 Å². The number of benzene rings is 2. The molecule has 3 amide bonds. The maximum atomic E-state index is 12.7. The Morgan fingerprint density at radius 1 is 1.03 bits per heavy atom. The van der Waals surface area contributed by atoms with Gasteiger partial charge in [-0.1, -0.05) is 18.2 Å². The van der Waals surface area contributed by atoms with Crippen molar-refractivity contribution in [3.05, 3.63) is 59.7 Å². The number of urea groups is 1. The Morgan fingerprint density at radius 3 is 2.44 bits per heavy atom. The Kier molecular flexibility index (Phi) is 6.73. The van der Waals surface area contributed by atoms with E-state index in [2.05, 4.69) is 16.0 Å². The summed E-state index contributed by atoms with van der Waals surface area (Å²) in [5.41, 5.74) is 1.73. The molecule has 2 fully saturated rings. The molecule has 2 aliphatic rings. The number of nitrogens with one attached hydrogen (secondary N) is 3. The lowest BCUT2D eigenvalue weighted by molar-refractivity contribution is 0.0730. The van der Waals surface area contributed by atoms with Gasteiger partial charge in [-0.2, -0.15) is 4.31 Å². The van der Waals surface area contributed by atoms with Gasteiger partial charge in [0.05, 0.1) is 18.1 Å². The van der Waals surface area contributed by atoms with Gasteiger partial charge in [0, 0.05) is 36.9 Å². The fourth-order valence-corrected chi connectivity index (χ4v) is 4.73. The van der Waals surface area contributed by atoms with Crippen LogP contribution in [0.5, 0.6) is 0 Å². The third-order valence-electron chi connectivity index (χ3n) is 5.28. The van der Waals surface area contributed by atoms with Gasteiger partial charge >= 0.3 is 6.03 Å². The lowest BCUT2D eigenvalue weighted by atomic mass is 10.1. The zero-order valence-electron chi connectivity index (χ0n) is 17.5. The summed E-state index contributed by atoms with van der Waals surface area (Å²) in [7, 11) is -3.55. The summed E-state index contributed by atoms with van der Waals surface area (Å²) >= 11 is 0. The van der Waals surface area contributed by atoms with Crippen LogP contribution in [0.1, 0.15) is 28.8 Å². The monoisotopic (exact) mass is 458 g/mol. The van der Waals surface area contributed by atoms with Gasteiger partial charge in [-0.15, -0.1) is 0 Å². The molecule has 32 heavy (non-hydrogen) atoms. The van der Waals surface area contributed by atoms with Crippen molar-refractivity contribution in [2.75, 3.05) is 31.6 Å². The maximum absolute atomic E-state index is 12.7. The zero-order valence-corrected chi connectivity index (χ0v) is 18.4. The Balaban J connectivity index is 1.32. The maximum Gasteiger partial charge on any atom is 0.319 e. The summed E-state index contributed by atoms with van der Waals surface area (Å²) in [5, 5.41) is 8.38. The van der Waals surface area contributed by atoms with E-state index in [1.54, 1.807) is 48.5 Å². The highest BCUT2D eigenvalue weighted by Crippen LogP contribution is 2.19. The molecule has 3 N–H and O–H groups in total. The SMILES string of the molecule is O=C(Nc1cccc(C(=O)NCc2ccc(S(=O)(=O)N3CCOCC3)cc2)c1)NC1CC1. The van der Waals surface area contributed by atoms with Gasteiger partial charge in [0.1, 0.15) is 0 Å². The van der Waals surface area contributed by atoms with Gasteiger partial charge < -0.3 is 20.7 Å². The van der Waals surface area contributed by atoms with E-state index in [1.165, 1.54) is 4.31 Å². The second-order valence-corrected chi connectivity index (χ2v) is 9.73. The van der Waals surface area contributed by atoms with Gasteiger partial charge in [-0.3, -0.25) is 4.79 Å². The first-order valence-electron chi connectivity index (χ1n) is 10.5. The highest BCUT2D eigenvalue weighted by molar-refractivity contribution is 7.89. The summed E-state index contributed by atoms with van der Waals surface area (Å²) in [6.07, 6.45) is 1.99. The van der Waals surface area contributed by atoms with Crippen molar-refractivity contribution >= 4 is 27.6 Å². The third kappa shape index (κ3) is 5.64. The number of sulfonamides is 1. The van der Waals surface area contributed by atoms with Gasteiger partial charge in [0.2, 0.25) is 10.0 Å². The minimum Gasteiger partial charge on any atom is -0.379 e. The highest BCUT2D eigenvalue weighted by atomic mass is 32.2. The molecule has 2 aromatic carbocycles. The molecule has 170 valence electrons. The number of carbonyl (C=O) groups excluding carboxylic acids is 2. The van der Waals surface area contributed by atoms with Gasteiger partial charge in [-0.05, 0) is 48.7 Å². The molecule has 10 heteroatoms. The van der Waals surface area contributed by atoms with Crippen molar-refractivity contribution in [3.63, 3.8) is 0 Å². The minimum atomic E-state index is -3.55. The molecular weight excluding hydrogens is 432 g/mol. The number of rotatable bonds is 7. The molecule has 1 saturated heterocycles. The minimum absolute atomic E-state index is 0.220. The number of morpholine rings is 1. The molecule has 4 rings (SSSR count). The number of nitrogens with zero attached hydrogens (tertiary/aromatic N) is 1. The number of hydrogen-bond acceptors (Lipinski definition) is 5. The van der Waals surface area contributed by atoms with Crippen LogP contribution in [-0.2, 0) is 21.3 Å². The largest absolute Gasteiger partial charge is 0.379 e. The van der Waals surface area contributed by atoms with E-state index >= 15 is 0 Å². The second kappa shape index (κ2) is 9.68. The van der Waals surface area contributed by atoms with Crippen molar-refractivity contribution in [2.24, 2.45) is 0 Å². The van der Waals surface area contributed by atoms with Crippen LogP contribution in [0.2, 0.25) is 0 Å². The lowest BCUT2D eigenvalue weighted by Crippen LogP contribution is -2.40. The first kappa shape index (κ1) is 22.3. The summed E-state index contributed by atoms with van der Waals surface area (Å²) in [6, 6.07) is 13.1. The van der Waals surface area contributed by atoms with Crippen LogP contribution in [0.15, 0.2) is 53.4 Å². The summed E-state index contributed by atoms with van der Waals surface area (Å²) in [4.78, 5) is 24.6. The average molecular weight is 459 g/mol. The number of amides is 3. The van der Waals surface area contributed by atoms with Crippen molar-refractivity contribution in [1.82, 2.24) is 14.9 Å². The van der Waals surface area contributed by atoms with Crippen molar-refractivity contribution in [3.8, 4) is 0 Å². The topological polar surface area (TPSA) is 117 Å². The van der Waals surface area contributed by atoms with E-state index in [0.29, 0.717) is 37.6 Å². The van der Waals surface area contributed by atoms with E-state index in [0.717, 1.165) is 18.4 Å². The molecule has 0 atom stereocenters. The molecule has 0 aromatic heterocycles. The molecule has 0 unspecified atom stereocenters. The number of hydrogen-bond donors (Lipinski definition) is 3. The number of ether oxygens (including phenoxy) is 1. The van der Waals surface area contributed by atoms with E-state index in [9.17, 15) is 18.0 Å². The Labute approximate surface area is 187 Å². The van der Waals surface area contributed by atoms with Crippen molar-refractivity contribution < 1.29 is 22.7 Å². The third-order valence-corrected chi connectivity index (χ3v) is 7.19. The molecule has 0 radical (unpaired) electrons. The molecule has 1 heterocycles. The predicted octanol–water partition coefficient (Wildman–Crippen LogP) is 1.92. The number of carbonyl (C=O) groups is 2. The van der Waals surface area contributed by atoms with Crippen molar-refractivity contribution in [2.45, 2.75) is 30.3 Å². The van der Waals surface area contributed by atoms with Gasteiger partial charge in [0.25, 0.3) is 5.91 Å². The van der Waals surface area contributed by atoms with E-state index in [4.69, 9.17) is 4.74 Å². The molecule has 9 nitrogen and oxygen atoms in total. The van der Waals surface area contributed by atoms with Gasteiger partial charge in [0.15, 0.2) is 0 Å². The molecule has 2 aromatic rings.